The van der Waals surface area contributed by atoms with E-state index in [9.17, 15) is 13.5 Å². The second-order valence-corrected chi connectivity index (χ2v) is 5.92. The number of aromatic nitrogens is 2. The largest absolute Gasteiger partial charge is 0.392 e. The van der Waals surface area contributed by atoms with Crippen molar-refractivity contribution in [1.29, 1.82) is 0 Å². The number of anilines is 1. The average Bonchev–Trinajstić information content (AvgIpc) is 2.51. The van der Waals surface area contributed by atoms with Gasteiger partial charge in [-0.2, -0.15) is 5.10 Å². The van der Waals surface area contributed by atoms with Crippen LogP contribution in [-0.4, -0.2) is 36.0 Å². The lowest BCUT2D eigenvalue weighted by Crippen LogP contribution is -2.32. The number of nitrogens with one attached hydrogen (secondary N) is 1. The summed E-state index contributed by atoms with van der Waals surface area (Å²) in [5, 5.41) is 13.4. The molecule has 18 heavy (non-hydrogen) atoms. The van der Waals surface area contributed by atoms with Crippen LogP contribution in [-0.2, 0) is 17.1 Å². The number of hydrogen-bond acceptors (Lipinski definition) is 5. The van der Waals surface area contributed by atoms with Crippen molar-refractivity contribution in [2.75, 3.05) is 12.3 Å². The molecule has 1 atom stereocenters. The Balaban J connectivity index is 2.87. The summed E-state index contributed by atoms with van der Waals surface area (Å²) in [5.41, 5.74) is 6.04. The molecule has 0 fully saturated rings. The lowest BCUT2D eigenvalue weighted by molar-refractivity contribution is 0.167. The Kier molecular flexibility index (Phi) is 4.71. The lowest BCUT2D eigenvalue weighted by Gasteiger charge is -2.11. The summed E-state index contributed by atoms with van der Waals surface area (Å²) >= 11 is 0. The Morgan fingerprint density at radius 2 is 2.17 bits per heavy atom. The quantitative estimate of drug-likeness (QED) is 0.663. The van der Waals surface area contributed by atoms with Crippen LogP contribution < -0.4 is 10.5 Å². The van der Waals surface area contributed by atoms with E-state index in [0.717, 1.165) is 6.42 Å². The van der Waals surface area contributed by atoms with Crippen LogP contribution in [0.25, 0.3) is 0 Å². The molecule has 0 spiro atoms. The van der Waals surface area contributed by atoms with E-state index in [0.29, 0.717) is 12.1 Å². The molecular weight excluding hydrogens is 256 g/mol. The van der Waals surface area contributed by atoms with Gasteiger partial charge in [0.1, 0.15) is 4.90 Å². The van der Waals surface area contributed by atoms with E-state index >= 15 is 0 Å². The predicted molar refractivity (Wildman–Crippen MR) is 68.5 cm³/mol. The van der Waals surface area contributed by atoms with Gasteiger partial charge < -0.3 is 10.8 Å². The minimum Gasteiger partial charge on any atom is -0.392 e. The van der Waals surface area contributed by atoms with Crippen LogP contribution in [0, 0.1) is 6.92 Å². The van der Waals surface area contributed by atoms with Gasteiger partial charge in [0.2, 0.25) is 10.0 Å². The summed E-state index contributed by atoms with van der Waals surface area (Å²) in [6.07, 6.45) is 0.643. The number of aliphatic hydroxyl groups excluding tert-OH is 1. The van der Waals surface area contributed by atoms with Crippen molar-refractivity contribution in [2.45, 2.75) is 37.7 Å². The van der Waals surface area contributed by atoms with Gasteiger partial charge in [-0.1, -0.05) is 13.3 Å². The second-order valence-electron chi connectivity index (χ2n) is 4.22. The minimum atomic E-state index is -3.73. The normalized spacial score (nSPS) is 13.8. The second kappa shape index (κ2) is 5.68. The van der Waals surface area contributed by atoms with E-state index in [4.69, 9.17) is 5.73 Å². The third-order valence-corrected chi connectivity index (χ3v) is 4.29. The molecule has 0 amide bonds. The maximum Gasteiger partial charge on any atom is 0.246 e. The lowest BCUT2D eigenvalue weighted by atomic mass is 10.2. The Labute approximate surface area is 107 Å². The molecule has 1 aromatic rings. The molecule has 0 saturated heterocycles. The predicted octanol–water partition coefficient (Wildman–Crippen LogP) is -0.250. The first-order valence-electron chi connectivity index (χ1n) is 5.76. The number of nitrogen functional groups attached to an aromatic ring is 1. The summed E-state index contributed by atoms with van der Waals surface area (Å²) in [5.74, 6) is -0.0347. The zero-order valence-corrected chi connectivity index (χ0v) is 11.7. The fraction of sp³-hybridized carbons (Fsp3) is 0.700. The van der Waals surface area contributed by atoms with Crippen LogP contribution in [0.2, 0.25) is 0 Å². The molecule has 0 saturated carbocycles. The SMILES string of the molecule is CCCC(O)CNS(=O)(=O)c1c(N)nn(C)c1C. The Bertz CT molecular complexity index is 509. The molecule has 1 unspecified atom stereocenters. The molecule has 8 heteroatoms. The van der Waals surface area contributed by atoms with E-state index in [1.807, 2.05) is 6.92 Å². The van der Waals surface area contributed by atoms with Crippen LogP contribution in [0.15, 0.2) is 4.90 Å². The van der Waals surface area contributed by atoms with Crippen molar-refractivity contribution in [3.63, 3.8) is 0 Å². The van der Waals surface area contributed by atoms with Crippen LogP contribution in [0.3, 0.4) is 0 Å². The van der Waals surface area contributed by atoms with Crippen molar-refractivity contribution in [3.8, 4) is 0 Å². The Morgan fingerprint density at radius 1 is 1.56 bits per heavy atom. The van der Waals surface area contributed by atoms with Gasteiger partial charge in [0.15, 0.2) is 5.82 Å². The van der Waals surface area contributed by atoms with E-state index in [-0.39, 0.29) is 17.3 Å². The fourth-order valence-corrected chi connectivity index (χ4v) is 3.05. The molecule has 0 aliphatic heterocycles. The molecule has 0 radical (unpaired) electrons. The third-order valence-electron chi connectivity index (χ3n) is 2.70. The molecular formula is C10H20N4O3S. The average molecular weight is 276 g/mol. The standard InChI is InChI=1S/C10H20N4O3S/c1-4-5-8(15)6-12-18(16,17)9-7(2)14(3)13-10(9)11/h8,12,15H,4-6H2,1-3H3,(H2,11,13). The summed E-state index contributed by atoms with van der Waals surface area (Å²) in [7, 11) is -2.11. The topological polar surface area (TPSA) is 110 Å². The molecule has 0 bridgehead atoms. The van der Waals surface area contributed by atoms with Gasteiger partial charge in [0.25, 0.3) is 0 Å². The summed E-state index contributed by atoms with van der Waals surface area (Å²) < 4.78 is 27.8. The van der Waals surface area contributed by atoms with Gasteiger partial charge in [-0.05, 0) is 13.3 Å². The highest BCUT2D eigenvalue weighted by molar-refractivity contribution is 7.89. The first kappa shape index (κ1) is 14.9. The van der Waals surface area contributed by atoms with Crippen LogP contribution in [0.4, 0.5) is 5.82 Å². The van der Waals surface area contributed by atoms with Crippen molar-refractivity contribution >= 4 is 15.8 Å². The smallest absolute Gasteiger partial charge is 0.246 e. The van der Waals surface area contributed by atoms with Crippen molar-refractivity contribution in [3.05, 3.63) is 5.69 Å². The van der Waals surface area contributed by atoms with E-state index in [1.54, 1.807) is 14.0 Å². The fourth-order valence-electron chi connectivity index (χ4n) is 1.66. The summed E-state index contributed by atoms with van der Waals surface area (Å²) in [6.45, 7) is 3.52. The van der Waals surface area contributed by atoms with Crippen LogP contribution >= 0.6 is 0 Å². The summed E-state index contributed by atoms with van der Waals surface area (Å²) in [4.78, 5) is -0.0197. The van der Waals surface area contributed by atoms with Gasteiger partial charge >= 0.3 is 0 Å². The maximum atomic E-state index is 12.0. The molecule has 0 aliphatic carbocycles. The number of nitrogens with two attached hydrogens (primary N) is 1. The molecule has 1 heterocycles. The van der Waals surface area contributed by atoms with Crippen LogP contribution in [0.5, 0.6) is 0 Å². The van der Waals surface area contributed by atoms with Gasteiger partial charge in [-0.25, -0.2) is 13.1 Å². The first-order valence-corrected chi connectivity index (χ1v) is 7.24. The molecule has 1 aromatic heterocycles. The molecule has 0 aromatic carbocycles. The van der Waals surface area contributed by atoms with Gasteiger partial charge in [-0.3, -0.25) is 4.68 Å². The summed E-state index contributed by atoms with van der Waals surface area (Å²) in [6, 6.07) is 0. The van der Waals surface area contributed by atoms with Crippen LogP contribution in [0.1, 0.15) is 25.5 Å². The molecule has 7 nitrogen and oxygen atoms in total. The zero-order chi connectivity index (χ0) is 13.9. The number of aryl methyl sites for hydroxylation is 1. The van der Waals surface area contributed by atoms with E-state index < -0.39 is 16.1 Å². The zero-order valence-electron chi connectivity index (χ0n) is 10.8. The number of sulfonamides is 1. The van der Waals surface area contributed by atoms with Gasteiger partial charge in [0.05, 0.1) is 11.8 Å². The molecule has 104 valence electrons. The first-order chi connectivity index (χ1) is 8.29. The highest BCUT2D eigenvalue weighted by atomic mass is 32.2. The van der Waals surface area contributed by atoms with Gasteiger partial charge in [0, 0.05) is 13.6 Å². The third kappa shape index (κ3) is 3.21. The highest BCUT2D eigenvalue weighted by Gasteiger charge is 2.24. The van der Waals surface area contributed by atoms with Crippen molar-refractivity contribution in [2.24, 2.45) is 7.05 Å². The monoisotopic (exact) mass is 276 g/mol. The molecule has 4 N–H and O–H groups in total. The number of aliphatic hydroxyl groups is 1. The minimum absolute atomic E-state index is 0.0197. The Morgan fingerprint density at radius 3 is 2.61 bits per heavy atom. The highest BCUT2D eigenvalue weighted by Crippen LogP contribution is 2.20. The van der Waals surface area contributed by atoms with Crippen molar-refractivity contribution in [1.82, 2.24) is 14.5 Å². The molecule has 0 aliphatic rings. The number of rotatable bonds is 6. The number of hydrogen-bond donors (Lipinski definition) is 3. The maximum absolute atomic E-state index is 12.0. The molecule has 1 rings (SSSR count). The van der Waals surface area contributed by atoms with Crippen molar-refractivity contribution < 1.29 is 13.5 Å². The van der Waals surface area contributed by atoms with E-state index in [2.05, 4.69) is 9.82 Å². The van der Waals surface area contributed by atoms with Gasteiger partial charge in [-0.15, -0.1) is 0 Å². The Hall–Kier alpha value is -1.12. The number of nitrogens with zero attached hydrogens (tertiary/aromatic N) is 2. The van der Waals surface area contributed by atoms with E-state index in [1.165, 1.54) is 4.68 Å².